The Kier molecular flexibility index (Phi) is 3.94. The minimum absolute atomic E-state index is 0.139. The molecule has 1 saturated heterocycles. The number of piperidine rings is 1. The van der Waals surface area contributed by atoms with E-state index in [1.165, 1.54) is 18.4 Å². The molecule has 1 unspecified atom stereocenters. The van der Waals surface area contributed by atoms with E-state index in [0.717, 1.165) is 31.0 Å². The van der Waals surface area contributed by atoms with Crippen molar-refractivity contribution in [2.45, 2.75) is 18.8 Å². The van der Waals surface area contributed by atoms with E-state index in [-0.39, 0.29) is 5.92 Å². The Balaban J connectivity index is 1.54. The van der Waals surface area contributed by atoms with Gasteiger partial charge in [0.2, 0.25) is 0 Å². The van der Waals surface area contributed by atoms with Crippen LogP contribution in [0.1, 0.15) is 24.3 Å². The molecule has 5 heteroatoms. The highest BCUT2D eigenvalue weighted by atomic mass is 16.1. The Morgan fingerprint density at radius 3 is 2.83 bits per heavy atom. The number of nitrogens with two attached hydrogens (primary N) is 1. The Morgan fingerprint density at radius 2 is 2.12 bits per heavy atom. The van der Waals surface area contributed by atoms with E-state index in [9.17, 15) is 4.79 Å². The first-order valence-corrected chi connectivity index (χ1v) is 8.58. The Hall–Kier alpha value is -2.40. The van der Waals surface area contributed by atoms with E-state index in [1.807, 2.05) is 11.1 Å². The first-order chi connectivity index (χ1) is 11.7. The maximum absolute atomic E-state index is 11.6. The number of hydrazone groups is 1. The molecular formula is C19H22N4O. The zero-order valence-electron chi connectivity index (χ0n) is 13.6. The number of rotatable bonds is 3. The number of nitrogens with zero attached hydrogens (tertiary/aromatic N) is 2. The van der Waals surface area contributed by atoms with Gasteiger partial charge in [0.05, 0.1) is 23.5 Å². The van der Waals surface area contributed by atoms with Crippen molar-refractivity contribution >= 4 is 17.3 Å². The summed E-state index contributed by atoms with van der Waals surface area (Å²) in [5.74, 6) is 0.331. The number of carbonyl (C=O) groups is 1. The second kappa shape index (κ2) is 6.24. The predicted octanol–water partition coefficient (Wildman–Crippen LogP) is 1.93. The minimum atomic E-state index is -0.412. The Labute approximate surface area is 141 Å². The molecule has 0 aromatic heterocycles. The van der Waals surface area contributed by atoms with Crippen LogP contribution < -0.4 is 16.1 Å². The second-order valence-electron chi connectivity index (χ2n) is 6.64. The molecule has 2 aliphatic heterocycles. The van der Waals surface area contributed by atoms with Gasteiger partial charge in [0.25, 0.3) is 5.91 Å². The molecule has 5 nitrogen and oxygen atoms in total. The van der Waals surface area contributed by atoms with Crippen LogP contribution in [0.2, 0.25) is 0 Å². The highest BCUT2D eigenvalue weighted by Crippen LogP contribution is 2.30. The summed E-state index contributed by atoms with van der Waals surface area (Å²) in [7, 11) is 0. The fourth-order valence-electron chi connectivity index (χ4n) is 3.72. The third-order valence-corrected chi connectivity index (χ3v) is 5.06. The van der Waals surface area contributed by atoms with E-state index in [4.69, 9.17) is 5.73 Å². The number of anilines is 1. The standard InChI is InChI=1S/C19H22N4O/c20-19(24)17-5-1-3-15-12-23(22-18(15)17)16-8-6-13(7-9-16)14-4-2-10-21-11-14/h1,3,5-9,14-15,21H,2,4,10-12H2,(H2,20,24)/t14-,15?/m1/s1. The Bertz CT molecular complexity index is 726. The number of nitrogens with one attached hydrogen (secondary N) is 1. The van der Waals surface area contributed by atoms with Crippen LogP contribution >= 0.6 is 0 Å². The summed E-state index contributed by atoms with van der Waals surface area (Å²) in [5.41, 5.74) is 9.21. The summed E-state index contributed by atoms with van der Waals surface area (Å²) >= 11 is 0. The van der Waals surface area contributed by atoms with Gasteiger partial charge in [-0.15, -0.1) is 0 Å². The largest absolute Gasteiger partial charge is 0.366 e. The van der Waals surface area contributed by atoms with E-state index in [0.29, 0.717) is 11.5 Å². The summed E-state index contributed by atoms with van der Waals surface area (Å²) in [6, 6.07) is 8.66. The number of primary amides is 1. The molecule has 0 radical (unpaired) electrons. The summed E-state index contributed by atoms with van der Waals surface area (Å²) in [4.78, 5) is 11.6. The van der Waals surface area contributed by atoms with Gasteiger partial charge in [-0.25, -0.2) is 0 Å². The SMILES string of the molecule is NC(=O)C1=CC=CC2CN(c3ccc([C@@H]4CCCNC4)cc3)N=C12. The zero-order valence-corrected chi connectivity index (χ0v) is 13.6. The van der Waals surface area contributed by atoms with Crippen molar-refractivity contribution in [2.24, 2.45) is 16.8 Å². The van der Waals surface area contributed by atoms with E-state index >= 15 is 0 Å². The second-order valence-corrected chi connectivity index (χ2v) is 6.64. The third-order valence-electron chi connectivity index (χ3n) is 5.06. The zero-order chi connectivity index (χ0) is 16.5. The highest BCUT2D eigenvalue weighted by Gasteiger charge is 2.31. The highest BCUT2D eigenvalue weighted by molar-refractivity contribution is 6.24. The molecule has 124 valence electrons. The number of amides is 1. The average Bonchev–Trinajstić information content (AvgIpc) is 3.06. The lowest BCUT2D eigenvalue weighted by atomic mass is 9.91. The number of allylic oxidation sites excluding steroid dienone is 2. The van der Waals surface area contributed by atoms with Gasteiger partial charge in [-0.3, -0.25) is 9.80 Å². The molecule has 0 spiro atoms. The summed E-state index contributed by atoms with van der Waals surface area (Å²) in [6.07, 6.45) is 8.21. The quantitative estimate of drug-likeness (QED) is 0.893. The molecule has 2 atom stereocenters. The van der Waals surface area contributed by atoms with Crippen LogP contribution in [0, 0.1) is 5.92 Å². The fraction of sp³-hybridized carbons (Fsp3) is 0.368. The van der Waals surface area contributed by atoms with Crippen LogP contribution in [0.25, 0.3) is 0 Å². The van der Waals surface area contributed by atoms with Crippen LogP contribution in [0.4, 0.5) is 5.69 Å². The number of benzene rings is 1. The predicted molar refractivity (Wildman–Crippen MR) is 96.0 cm³/mol. The van der Waals surface area contributed by atoms with Crippen molar-refractivity contribution in [3.05, 3.63) is 53.6 Å². The van der Waals surface area contributed by atoms with Gasteiger partial charge in [0.1, 0.15) is 0 Å². The molecule has 1 aliphatic carbocycles. The molecule has 2 heterocycles. The normalized spacial score (nSPS) is 25.9. The topological polar surface area (TPSA) is 70.7 Å². The van der Waals surface area contributed by atoms with Crippen molar-refractivity contribution in [1.82, 2.24) is 5.32 Å². The van der Waals surface area contributed by atoms with Gasteiger partial charge in [0.15, 0.2) is 0 Å². The molecule has 0 saturated carbocycles. The van der Waals surface area contributed by atoms with Gasteiger partial charge in [-0.1, -0.05) is 24.3 Å². The number of hydrogen-bond donors (Lipinski definition) is 2. The van der Waals surface area contributed by atoms with Crippen LogP contribution in [0.15, 0.2) is 53.2 Å². The van der Waals surface area contributed by atoms with E-state index < -0.39 is 5.91 Å². The molecule has 3 N–H and O–H groups in total. The van der Waals surface area contributed by atoms with Crippen molar-refractivity contribution in [2.75, 3.05) is 24.6 Å². The maximum Gasteiger partial charge on any atom is 0.250 e. The lowest BCUT2D eigenvalue weighted by Crippen LogP contribution is -2.28. The number of hydrogen-bond acceptors (Lipinski definition) is 4. The van der Waals surface area contributed by atoms with Gasteiger partial charge < -0.3 is 11.1 Å². The third kappa shape index (κ3) is 2.76. The lowest BCUT2D eigenvalue weighted by molar-refractivity contribution is -0.114. The molecule has 1 aromatic carbocycles. The number of carbonyl (C=O) groups excluding carboxylic acids is 1. The van der Waals surface area contributed by atoms with Gasteiger partial charge in [0, 0.05) is 12.5 Å². The smallest absolute Gasteiger partial charge is 0.250 e. The lowest BCUT2D eigenvalue weighted by Gasteiger charge is -2.23. The first kappa shape index (κ1) is 15.1. The van der Waals surface area contributed by atoms with Crippen molar-refractivity contribution in [3.8, 4) is 0 Å². The average molecular weight is 322 g/mol. The molecule has 0 bridgehead atoms. The van der Waals surface area contributed by atoms with Crippen LogP contribution in [0.5, 0.6) is 0 Å². The van der Waals surface area contributed by atoms with Gasteiger partial charge >= 0.3 is 0 Å². The molecule has 4 rings (SSSR count). The fourth-order valence-corrected chi connectivity index (χ4v) is 3.72. The maximum atomic E-state index is 11.6. The summed E-state index contributed by atoms with van der Waals surface area (Å²) < 4.78 is 0. The molecule has 24 heavy (non-hydrogen) atoms. The summed E-state index contributed by atoms with van der Waals surface area (Å²) in [5, 5.41) is 10.1. The molecule has 3 aliphatic rings. The van der Waals surface area contributed by atoms with Crippen LogP contribution in [-0.2, 0) is 4.79 Å². The van der Waals surface area contributed by atoms with Gasteiger partial charge in [-0.2, -0.15) is 5.10 Å². The monoisotopic (exact) mass is 322 g/mol. The Morgan fingerprint density at radius 1 is 1.29 bits per heavy atom. The van der Waals surface area contributed by atoms with Crippen LogP contribution in [0.3, 0.4) is 0 Å². The summed E-state index contributed by atoms with van der Waals surface area (Å²) in [6.45, 7) is 2.94. The molecule has 1 aromatic rings. The first-order valence-electron chi connectivity index (χ1n) is 8.58. The molecular weight excluding hydrogens is 300 g/mol. The van der Waals surface area contributed by atoms with Crippen molar-refractivity contribution in [1.29, 1.82) is 0 Å². The van der Waals surface area contributed by atoms with Crippen molar-refractivity contribution < 1.29 is 4.79 Å². The molecule has 1 amide bonds. The van der Waals surface area contributed by atoms with Gasteiger partial charge in [-0.05, 0) is 49.1 Å². The van der Waals surface area contributed by atoms with Crippen molar-refractivity contribution in [3.63, 3.8) is 0 Å². The van der Waals surface area contributed by atoms with Crippen LogP contribution in [-0.4, -0.2) is 31.3 Å². The van der Waals surface area contributed by atoms with E-state index in [1.54, 1.807) is 6.08 Å². The molecule has 1 fully saturated rings. The minimum Gasteiger partial charge on any atom is -0.366 e. The number of fused-ring (bicyclic) bond motifs is 1. The van der Waals surface area contributed by atoms with E-state index in [2.05, 4.69) is 40.8 Å².